The number of fused-ring (bicyclic) bond motifs is 1. The molecule has 5 rings (SSSR count). The minimum absolute atomic E-state index is 0.833. The van der Waals surface area contributed by atoms with Crippen LogP contribution in [0.2, 0.25) is 0 Å². The predicted molar refractivity (Wildman–Crippen MR) is 117 cm³/mol. The van der Waals surface area contributed by atoms with Gasteiger partial charge in [-0.25, -0.2) is 9.97 Å². The number of ether oxygens (including phenoxy) is 1. The Bertz CT molecular complexity index is 972. The molecular weight excluding hydrogens is 360 g/mol. The highest BCUT2D eigenvalue weighted by Crippen LogP contribution is 2.35. The summed E-state index contributed by atoms with van der Waals surface area (Å²) in [6, 6.07) is 15.4. The smallest absolute Gasteiger partial charge is 0.140 e. The molecule has 2 fully saturated rings. The first kappa shape index (κ1) is 18.5. The largest absolute Gasteiger partial charge is 0.379 e. The maximum Gasteiger partial charge on any atom is 0.140 e. The van der Waals surface area contributed by atoms with Crippen molar-refractivity contribution < 1.29 is 4.74 Å². The first-order valence-electron chi connectivity index (χ1n) is 10.8. The summed E-state index contributed by atoms with van der Waals surface area (Å²) in [5, 5.41) is 1.18. The number of hydrogen-bond acceptors (Lipinski definition) is 5. The lowest BCUT2D eigenvalue weighted by Crippen LogP contribution is -2.35. The molecule has 0 amide bonds. The molecule has 150 valence electrons. The van der Waals surface area contributed by atoms with Crippen LogP contribution in [0, 0.1) is 0 Å². The molecule has 0 radical (unpaired) electrons. The molecule has 3 heterocycles. The van der Waals surface area contributed by atoms with Gasteiger partial charge in [0.25, 0.3) is 0 Å². The van der Waals surface area contributed by atoms with Crippen molar-refractivity contribution in [3.8, 4) is 11.1 Å². The number of anilines is 1. The van der Waals surface area contributed by atoms with Crippen molar-refractivity contribution in [2.75, 3.05) is 44.3 Å². The summed E-state index contributed by atoms with van der Waals surface area (Å²) in [5.74, 6) is 1.09. The van der Waals surface area contributed by atoms with Crippen LogP contribution in [0.4, 0.5) is 5.82 Å². The number of hydrogen-bond donors (Lipinski definition) is 0. The maximum atomic E-state index is 5.49. The molecule has 0 bridgehead atoms. The van der Waals surface area contributed by atoms with E-state index in [9.17, 15) is 0 Å². The monoisotopic (exact) mass is 388 g/mol. The zero-order valence-electron chi connectivity index (χ0n) is 16.9. The van der Waals surface area contributed by atoms with Gasteiger partial charge in [0.1, 0.15) is 12.1 Å². The minimum atomic E-state index is 0.833. The fourth-order valence-electron chi connectivity index (χ4n) is 4.53. The van der Waals surface area contributed by atoms with Crippen molar-refractivity contribution >= 4 is 16.7 Å². The van der Waals surface area contributed by atoms with Gasteiger partial charge in [0.05, 0.1) is 24.1 Å². The summed E-state index contributed by atoms with van der Waals surface area (Å²) in [7, 11) is 0. The molecule has 0 aliphatic carbocycles. The van der Waals surface area contributed by atoms with E-state index in [4.69, 9.17) is 9.72 Å². The lowest BCUT2D eigenvalue weighted by atomic mass is 9.98. The zero-order chi connectivity index (χ0) is 19.5. The van der Waals surface area contributed by atoms with Crippen LogP contribution >= 0.6 is 0 Å². The van der Waals surface area contributed by atoms with E-state index in [1.807, 2.05) is 0 Å². The topological polar surface area (TPSA) is 41.5 Å². The molecule has 2 aromatic carbocycles. The second kappa shape index (κ2) is 8.47. The number of morpholine rings is 1. The molecule has 2 aliphatic heterocycles. The first-order chi connectivity index (χ1) is 14.4. The van der Waals surface area contributed by atoms with E-state index in [2.05, 4.69) is 57.2 Å². The van der Waals surface area contributed by atoms with Crippen LogP contribution in [0.1, 0.15) is 24.8 Å². The van der Waals surface area contributed by atoms with Crippen LogP contribution in [-0.4, -0.2) is 54.3 Å². The Morgan fingerprint density at radius 1 is 0.862 bits per heavy atom. The molecule has 0 spiro atoms. The molecular formula is C24H28N4O. The van der Waals surface area contributed by atoms with Gasteiger partial charge in [-0.15, -0.1) is 0 Å². The summed E-state index contributed by atoms with van der Waals surface area (Å²) >= 11 is 0. The van der Waals surface area contributed by atoms with E-state index < -0.39 is 0 Å². The van der Waals surface area contributed by atoms with Crippen LogP contribution in [-0.2, 0) is 11.3 Å². The van der Waals surface area contributed by atoms with Crippen molar-refractivity contribution in [1.29, 1.82) is 0 Å². The van der Waals surface area contributed by atoms with Gasteiger partial charge >= 0.3 is 0 Å². The summed E-state index contributed by atoms with van der Waals surface area (Å²) in [6.45, 7) is 6.81. The number of aromatic nitrogens is 2. The molecule has 29 heavy (non-hydrogen) atoms. The molecule has 0 unspecified atom stereocenters. The molecule has 3 aromatic rings. The number of nitrogens with zero attached hydrogens (tertiary/aromatic N) is 4. The third-order valence-electron chi connectivity index (χ3n) is 6.05. The third kappa shape index (κ3) is 3.98. The van der Waals surface area contributed by atoms with Gasteiger partial charge in [0.15, 0.2) is 0 Å². The van der Waals surface area contributed by atoms with E-state index in [1.165, 1.54) is 41.3 Å². The SMILES string of the molecule is c1cc(CN2CCOCC2)cc(-c2cccc3ncnc(N4CCCCC4)c23)c1. The second-order valence-electron chi connectivity index (χ2n) is 8.03. The average Bonchev–Trinajstić information content (AvgIpc) is 2.80. The van der Waals surface area contributed by atoms with E-state index >= 15 is 0 Å². The average molecular weight is 389 g/mol. The molecule has 2 aliphatic rings. The quantitative estimate of drug-likeness (QED) is 0.673. The zero-order valence-corrected chi connectivity index (χ0v) is 16.9. The normalized spacial score (nSPS) is 18.3. The van der Waals surface area contributed by atoms with Gasteiger partial charge < -0.3 is 9.64 Å². The van der Waals surface area contributed by atoms with Crippen LogP contribution < -0.4 is 4.90 Å². The molecule has 2 saturated heterocycles. The third-order valence-corrected chi connectivity index (χ3v) is 6.05. The summed E-state index contributed by atoms with van der Waals surface area (Å²) in [4.78, 5) is 14.2. The Morgan fingerprint density at radius 3 is 2.55 bits per heavy atom. The van der Waals surface area contributed by atoms with Crippen LogP contribution in [0.5, 0.6) is 0 Å². The van der Waals surface area contributed by atoms with Gasteiger partial charge in [-0.3, -0.25) is 4.90 Å². The van der Waals surface area contributed by atoms with Crippen molar-refractivity contribution in [3.63, 3.8) is 0 Å². The molecule has 0 atom stereocenters. The lowest BCUT2D eigenvalue weighted by Gasteiger charge is -2.29. The summed E-state index contributed by atoms with van der Waals surface area (Å²) in [6.07, 6.45) is 5.51. The Labute approximate surface area is 172 Å². The standard InChI is InChI=1S/C24H28N4O/c1-2-10-28(11-3-1)24-23-21(8-5-9-22(23)25-18-26-24)20-7-4-6-19(16-20)17-27-12-14-29-15-13-27/h4-9,16,18H,1-3,10-15,17H2. The van der Waals surface area contributed by atoms with Crippen LogP contribution in [0.3, 0.4) is 0 Å². The Kier molecular flexibility index (Phi) is 5.41. The summed E-state index contributed by atoms with van der Waals surface area (Å²) in [5.41, 5.74) is 4.84. The molecule has 0 saturated carbocycles. The van der Waals surface area contributed by atoms with Crippen molar-refractivity contribution in [2.45, 2.75) is 25.8 Å². The van der Waals surface area contributed by atoms with Gasteiger partial charge in [0, 0.05) is 32.7 Å². The van der Waals surface area contributed by atoms with E-state index in [0.29, 0.717) is 0 Å². The fourth-order valence-corrected chi connectivity index (χ4v) is 4.53. The molecule has 0 N–H and O–H groups in total. The highest BCUT2D eigenvalue weighted by Gasteiger charge is 2.18. The van der Waals surface area contributed by atoms with E-state index in [1.54, 1.807) is 6.33 Å². The van der Waals surface area contributed by atoms with Crippen LogP contribution in [0.25, 0.3) is 22.0 Å². The molecule has 5 nitrogen and oxygen atoms in total. The highest BCUT2D eigenvalue weighted by molar-refractivity contribution is 6.02. The molecule has 5 heteroatoms. The minimum Gasteiger partial charge on any atom is -0.379 e. The van der Waals surface area contributed by atoms with Gasteiger partial charge in [-0.05, 0) is 48.1 Å². The van der Waals surface area contributed by atoms with Gasteiger partial charge in [0.2, 0.25) is 0 Å². The Balaban J connectivity index is 1.53. The Morgan fingerprint density at radius 2 is 1.69 bits per heavy atom. The van der Waals surface area contributed by atoms with Gasteiger partial charge in [-0.2, -0.15) is 0 Å². The van der Waals surface area contributed by atoms with Crippen molar-refractivity contribution in [2.24, 2.45) is 0 Å². The number of rotatable bonds is 4. The van der Waals surface area contributed by atoms with Crippen molar-refractivity contribution in [3.05, 3.63) is 54.4 Å². The predicted octanol–water partition coefficient (Wildman–Crippen LogP) is 4.12. The second-order valence-corrected chi connectivity index (χ2v) is 8.03. The number of benzene rings is 2. The number of piperidine rings is 1. The Hall–Kier alpha value is -2.50. The lowest BCUT2D eigenvalue weighted by molar-refractivity contribution is 0.0342. The highest BCUT2D eigenvalue weighted by atomic mass is 16.5. The van der Waals surface area contributed by atoms with E-state index in [-0.39, 0.29) is 0 Å². The van der Waals surface area contributed by atoms with E-state index in [0.717, 1.165) is 57.3 Å². The maximum absolute atomic E-state index is 5.49. The first-order valence-corrected chi connectivity index (χ1v) is 10.8. The molecule has 1 aromatic heterocycles. The van der Waals surface area contributed by atoms with Crippen molar-refractivity contribution in [1.82, 2.24) is 14.9 Å². The summed E-state index contributed by atoms with van der Waals surface area (Å²) < 4.78 is 5.49. The van der Waals surface area contributed by atoms with Gasteiger partial charge in [-0.1, -0.05) is 30.3 Å². The fraction of sp³-hybridized carbons (Fsp3) is 0.417. The van der Waals surface area contributed by atoms with Crippen LogP contribution in [0.15, 0.2) is 48.8 Å².